The van der Waals surface area contributed by atoms with Crippen molar-refractivity contribution in [3.8, 4) is 11.8 Å². The summed E-state index contributed by atoms with van der Waals surface area (Å²) < 4.78 is 28.5. The summed E-state index contributed by atoms with van der Waals surface area (Å²) in [6.45, 7) is 0.271. The molecule has 1 fully saturated rings. The average Bonchev–Trinajstić information content (AvgIpc) is 2.91. The van der Waals surface area contributed by atoms with Gasteiger partial charge < -0.3 is 10.1 Å². The van der Waals surface area contributed by atoms with Crippen LogP contribution < -0.4 is 10.1 Å². The number of hydrogen-bond donors (Lipinski definition) is 1. The molecular formula is C17H16N2O4S. The molecule has 0 radical (unpaired) electrons. The van der Waals surface area contributed by atoms with Gasteiger partial charge >= 0.3 is 0 Å². The van der Waals surface area contributed by atoms with Crippen molar-refractivity contribution in [2.45, 2.75) is 12.5 Å². The Bertz CT molecular complexity index is 878. The van der Waals surface area contributed by atoms with Gasteiger partial charge in [-0.05, 0) is 30.2 Å². The lowest BCUT2D eigenvalue weighted by molar-refractivity contribution is -0.117. The lowest BCUT2D eigenvalue weighted by Gasteiger charge is -2.16. The van der Waals surface area contributed by atoms with Crippen LogP contribution >= 0.6 is 0 Å². The standard InChI is InChI=1S/C17H16N2O4S/c18-9-14(17(20)19-15-5-6-24(21,22)11-15)8-12-7-13-3-1-2-4-16(13)23-10-12/h1-4,7-8,15H,5-6,10-11H2,(H,19,20)/b14-8+/t15-/m1/s1. The molecule has 24 heavy (non-hydrogen) atoms. The molecule has 3 rings (SSSR count). The third kappa shape index (κ3) is 3.66. The van der Waals surface area contributed by atoms with Gasteiger partial charge in [0, 0.05) is 11.6 Å². The topological polar surface area (TPSA) is 96.3 Å². The van der Waals surface area contributed by atoms with Crippen LogP contribution in [0.1, 0.15) is 12.0 Å². The summed E-state index contributed by atoms with van der Waals surface area (Å²) in [6.07, 6.45) is 3.73. The normalized spacial score (nSPS) is 21.9. The molecule has 0 saturated carbocycles. The van der Waals surface area contributed by atoms with Crippen molar-refractivity contribution in [2.75, 3.05) is 18.1 Å². The number of sulfone groups is 1. The SMILES string of the molecule is N#C/C(=C\C1=Cc2ccccc2OC1)C(=O)N[C@@H]1CCS(=O)(=O)C1. The van der Waals surface area contributed by atoms with E-state index in [9.17, 15) is 18.5 Å². The van der Waals surface area contributed by atoms with Gasteiger partial charge in [-0.3, -0.25) is 4.79 Å². The molecule has 1 aromatic rings. The maximum absolute atomic E-state index is 12.2. The highest BCUT2D eigenvalue weighted by molar-refractivity contribution is 7.91. The van der Waals surface area contributed by atoms with Crippen molar-refractivity contribution in [1.82, 2.24) is 5.32 Å². The lowest BCUT2D eigenvalue weighted by atomic mass is 10.0. The monoisotopic (exact) mass is 344 g/mol. The highest BCUT2D eigenvalue weighted by Crippen LogP contribution is 2.26. The van der Waals surface area contributed by atoms with E-state index < -0.39 is 21.8 Å². The Morgan fingerprint density at radius 3 is 2.88 bits per heavy atom. The Morgan fingerprint density at radius 1 is 1.38 bits per heavy atom. The molecular weight excluding hydrogens is 328 g/mol. The molecule has 1 saturated heterocycles. The smallest absolute Gasteiger partial charge is 0.262 e. The summed E-state index contributed by atoms with van der Waals surface area (Å²) in [5.74, 6) is 0.198. The predicted octanol–water partition coefficient (Wildman–Crippen LogP) is 1.22. The highest BCUT2D eigenvalue weighted by atomic mass is 32.2. The van der Waals surface area contributed by atoms with Crippen LogP contribution in [0.5, 0.6) is 5.75 Å². The van der Waals surface area contributed by atoms with Crippen molar-refractivity contribution in [1.29, 1.82) is 5.26 Å². The molecule has 1 atom stereocenters. The van der Waals surface area contributed by atoms with Gasteiger partial charge in [0.05, 0.1) is 11.5 Å². The van der Waals surface area contributed by atoms with Crippen molar-refractivity contribution in [3.63, 3.8) is 0 Å². The van der Waals surface area contributed by atoms with Crippen LogP contribution in [0.15, 0.2) is 41.5 Å². The third-order valence-electron chi connectivity index (χ3n) is 3.92. The number of carbonyl (C=O) groups excluding carboxylic acids is 1. The number of amides is 1. The minimum absolute atomic E-state index is 0.0615. The number of rotatable bonds is 3. The van der Waals surface area contributed by atoms with Crippen LogP contribution in [0.4, 0.5) is 0 Å². The van der Waals surface area contributed by atoms with Gasteiger partial charge in [-0.1, -0.05) is 18.2 Å². The van der Waals surface area contributed by atoms with E-state index in [0.29, 0.717) is 12.0 Å². The second-order valence-corrected chi connectivity index (χ2v) is 8.02. The van der Waals surface area contributed by atoms with E-state index in [-0.39, 0.29) is 23.7 Å². The number of para-hydroxylation sites is 1. The molecule has 1 amide bonds. The lowest BCUT2D eigenvalue weighted by Crippen LogP contribution is -2.36. The fourth-order valence-corrected chi connectivity index (χ4v) is 4.40. The first kappa shape index (κ1) is 16.3. The first-order valence-corrected chi connectivity index (χ1v) is 9.34. The summed E-state index contributed by atoms with van der Waals surface area (Å²) in [4.78, 5) is 12.2. The summed E-state index contributed by atoms with van der Waals surface area (Å²) in [7, 11) is -3.08. The van der Waals surface area contributed by atoms with Crippen LogP contribution in [-0.2, 0) is 14.6 Å². The molecule has 0 unspecified atom stereocenters. The molecule has 6 nitrogen and oxygen atoms in total. The molecule has 2 heterocycles. The maximum Gasteiger partial charge on any atom is 0.262 e. The second-order valence-electron chi connectivity index (χ2n) is 5.79. The van der Waals surface area contributed by atoms with Crippen molar-refractivity contribution >= 4 is 21.8 Å². The second kappa shape index (κ2) is 6.49. The molecule has 1 aromatic carbocycles. The van der Waals surface area contributed by atoms with Crippen LogP contribution in [0.2, 0.25) is 0 Å². The summed E-state index contributed by atoms with van der Waals surface area (Å²) in [5.41, 5.74) is 1.53. The minimum Gasteiger partial charge on any atom is -0.488 e. The van der Waals surface area contributed by atoms with Gasteiger partial charge in [-0.2, -0.15) is 5.26 Å². The summed E-state index contributed by atoms with van der Waals surface area (Å²) in [5, 5.41) is 11.9. The number of ether oxygens (including phenoxy) is 1. The van der Waals surface area contributed by atoms with Crippen molar-refractivity contribution in [2.24, 2.45) is 0 Å². The van der Waals surface area contributed by atoms with Gasteiger partial charge in [0.1, 0.15) is 24.0 Å². The maximum atomic E-state index is 12.2. The zero-order valence-corrected chi connectivity index (χ0v) is 13.7. The number of fused-ring (bicyclic) bond motifs is 1. The molecule has 0 bridgehead atoms. The van der Waals surface area contributed by atoms with Crippen molar-refractivity contribution in [3.05, 3.63) is 47.1 Å². The van der Waals surface area contributed by atoms with Gasteiger partial charge in [0.2, 0.25) is 0 Å². The van der Waals surface area contributed by atoms with E-state index >= 15 is 0 Å². The number of nitriles is 1. The largest absolute Gasteiger partial charge is 0.488 e. The fourth-order valence-electron chi connectivity index (χ4n) is 2.72. The van der Waals surface area contributed by atoms with E-state index in [1.54, 1.807) is 0 Å². The Kier molecular flexibility index (Phi) is 4.40. The van der Waals surface area contributed by atoms with Crippen LogP contribution in [0, 0.1) is 11.3 Å². The Labute approximate surface area is 140 Å². The Morgan fingerprint density at radius 2 is 2.17 bits per heavy atom. The first-order valence-electron chi connectivity index (χ1n) is 7.52. The van der Waals surface area contributed by atoms with E-state index in [1.807, 2.05) is 36.4 Å². The zero-order valence-electron chi connectivity index (χ0n) is 12.9. The van der Waals surface area contributed by atoms with E-state index in [1.165, 1.54) is 6.08 Å². The summed E-state index contributed by atoms with van der Waals surface area (Å²) >= 11 is 0. The molecule has 0 spiro atoms. The highest BCUT2D eigenvalue weighted by Gasteiger charge is 2.29. The quantitative estimate of drug-likeness (QED) is 0.657. The van der Waals surface area contributed by atoms with E-state index in [4.69, 9.17) is 4.74 Å². The fraction of sp³-hybridized carbons (Fsp3) is 0.294. The molecule has 124 valence electrons. The van der Waals surface area contributed by atoms with Gasteiger partial charge in [0.25, 0.3) is 5.91 Å². The van der Waals surface area contributed by atoms with Crippen LogP contribution in [-0.4, -0.2) is 38.5 Å². The number of nitrogens with zero attached hydrogens (tertiary/aromatic N) is 1. The number of nitrogens with one attached hydrogen (secondary N) is 1. The van der Waals surface area contributed by atoms with Gasteiger partial charge in [0.15, 0.2) is 9.84 Å². The number of benzene rings is 1. The van der Waals surface area contributed by atoms with Gasteiger partial charge in [-0.15, -0.1) is 0 Å². The minimum atomic E-state index is -3.08. The molecule has 7 heteroatoms. The van der Waals surface area contributed by atoms with Crippen molar-refractivity contribution < 1.29 is 17.9 Å². The number of hydrogen-bond acceptors (Lipinski definition) is 5. The third-order valence-corrected chi connectivity index (χ3v) is 5.68. The van der Waals surface area contributed by atoms with Gasteiger partial charge in [-0.25, -0.2) is 8.42 Å². The van der Waals surface area contributed by atoms with Crippen LogP contribution in [0.25, 0.3) is 6.08 Å². The molecule has 0 aliphatic carbocycles. The van der Waals surface area contributed by atoms with Crippen LogP contribution in [0.3, 0.4) is 0 Å². The Hall–Kier alpha value is -2.59. The predicted molar refractivity (Wildman–Crippen MR) is 88.8 cm³/mol. The molecule has 1 N–H and O–H groups in total. The zero-order chi connectivity index (χ0) is 17.2. The van der Waals surface area contributed by atoms with E-state index in [0.717, 1.165) is 11.3 Å². The number of carbonyl (C=O) groups is 1. The molecule has 2 aliphatic rings. The first-order chi connectivity index (χ1) is 11.5. The van der Waals surface area contributed by atoms with E-state index in [2.05, 4.69) is 5.32 Å². The Balaban J connectivity index is 1.75. The average molecular weight is 344 g/mol. The summed E-state index contributed by atoms with van der Waals surface area (Å²) in [6, 6.07) is 8.93. The molecule has 0 aromatic heterocycles. The molecule has 2 aliphatic heterocycles.